The molecular formula is C17H13IO2. The summed E-state index contributed by atoms with van der Waals surface area (Å²) in [4.78, 5) is 12.1. The van der Waals surface area contributed by atoms with Crippen LogP contribution in [0, 0.1) is 0 Å². The lowest BCUT2D eigenvalue weighted by molar-refractivity contribution is 0.0599. The third-order valence-electron chi connectivity index (χ3n) is 3.72. The summed E-state index contributed by atoms with van der Waals surface area (Å²) in [5.74, 6) is -0.308. The number of carbonyl (C=O) groups is 1. The minimum Gasteiger partial charge on any atom is -0.465 e. The molecule has 1 unspecified atom stereocenters. The molecule has 2 aromatic carbocycles. The number of alkyl halides is 1. The Morgan fingerprint density at radius 2 is 1.90 bits per heavy atom. The Hall–Kier alpha value is -1.62. The summed E-state index contributed by atoms with van der Waals surface area (Å²) in [6, 6.07) is 14.0. The van der Waals surface area contributed by atoms with Gasteiger partial charge in [0.1, 0.15) is 0 Å². The van der Waals surface area contributed by atoms with Crippen LogP contribution < -0.4 is 0 Å². The van der Waals surface area contributed by atoms with Gasteiger partial charge in [0.05, 0.1) is 16.1 Å². The van der Waals surface area contributed by atoms with Crippen molar-refractivity contribution in [2.24, 2.45) is 0 Å². The molecule has 0 aromatic heterocycles. The van der Waals surface area contributed by atoms with E-state index >= 15 is 0 Å². The van der Waals surface area contributed by atoms with Gasteiger partial charge in [0.15, 0.2) is 0 Å². The predicted molar refractivity (Wildman–Crippen MR) is 88.2 cm³/mol. The zero-order chi connectivity index (χ0) is 14.3. The predicted octanol–water partition coefficient (Wildman–Crippen LogP) is 4.32. The van der Waals surface area contributed by atoms with Gasteiger partial charge in [0.2, 0.25) is 0 Å². The SMILES string of the molecule is C=CC1(I)c2ccccc2-c2cccc(C(=O)OC)c21. The first kappa shape index (κ1) is 13.4. The summed E-state index contributed by atoms with van der Waals surface area (Å²) in [5, 5.41) is 0. The van der Waals surface area contributed by atoms with E-state index in [1.165, 1.54) is 12.7 Å². The van der Waals surface area contributed by atoms with Gasteiger partial charge in [-0.05, 0) is 28.3 Å². The van der Waals surface area contributed by atoms with Gasteiger partial charge >= 0.3 is 5.97 Å². The van der Waals surface area contributed by atoms with Crippen molar-refractivity contribution >= 4 is 28.6 Å². The van der Waals surface area contributed by atoms with Crippen LogP contribution in [0.1, 0.15) is 21.5 Å². The standard InChI is InChI=1S/C17H13IO2/c1-3-17(18)14-10-5-4-7-11(14)12-8-6-9-13(15(12)17)16(19)20-2/h3-10H,1H2,2H3. The molecular weight excluding hydrogens is 363 g/mol. The number of rotatable bonds is 2. The number of allylic oxidation sites excluding steroid dienone is 1. The fraction of sp³-hybridized carbons (Fsp3) is 0.118. The number of methoxy groups -OCH3 is 1. The van der Waals surface area contributed by atoms with Crippen molar-refractivity contribution in [1.82, 2.24) is 0 Å². The number of ether oxygens (including phenoxy) is 1. The van der Waals surface area contributed by atoms with Gasteiger partial charge in [0, 0.05) is 0 Å². The van der Waals surface area contributed by atoms with Crippen molar-refractivity contribution in [3.05, 3.63) is 71.8 Å². The van der Waals surface area contributed by atoms with Crippen LogP contribution in [-0.2, 0) is 8.16 Å². The third-order valence-corrected chi connectivity index (χ3v) is 5.28. The van der Waals surface area contributed by atoms with Gasteiger partial charge in [-0.1, -0.05) is 65.1 Å². The van der Waals surface area contributed by atoms with E-state index in [4.69, 9.17) is 4.74 Å². The first-order valence-corrected chi connectivity index (χ1v) is 7.35. The van der Waals surface area contributed by atoms with Gasteiger partial charge in [0.25, 0.3) is 0 Å². The Bertz CT molecular complexity index is 721. The molecule has 0 bridgehead atoms. The van der Waals surface area contributed by atoms with E-state index in [2.05, 4.69) is 41.3 Å². The number of esters is 1. The average molecular weight is 376 g/mol. The van der Waals surface area contributed by atoms with E-state index in [1.54, 1.807) is 0 Å². The van der Waals surface area contributed by atoms with E-state index < -0.39 is 3.42 Å². The van der Waals surface area contributed by atoms with Crippen LogP contribution in [0.2, 0.25) is 0 Å². The monoisotopic (exact) mass is 376 g/mol. The van der Waals surface area contributed by atoms with Crippen LogP contribution in [0.5, 0.6) is 0 Å². The molecule has 0 amide bonds. The Labute approximate surface area is 131 Å². The molecule has 3 rings (SSSR count). The zero-order valence-corrected chi connectivity index (χ0v) is 13.2. The molecule has 3 heteroatoms. The van der Waals surface area contributed by atoms with Gasteiger partial charge in [-0.3, -0.25) is 0 Å². The van der Waals surface area contributed by atoms with Crippen molar-refractivity contribution in [2.75, 3.05) is 7.11 Å². The van der Waals surface area contributed by atoms with Crippen molar-refractivity contribution in [3.63, 3.8) is 0 Å². The highest BCUT2D eigenvalue weighted by Gasteiger charge is 2.41. The maximum Gasteiger partial charge on any atom is 0.338 e. The smallest absolute Gasteiger partial charge is 0.338 e. The van der Waals surface area contributed by atoms with Crippen molar-refractivity contribution in [1.29, 1.82) is 0 Å². The topological polar surface area (TPSA) is 26.3 Å². The molecule has 0 fully saturated rings. The lowest BCUT2D eigenvalue weighted by Gasteiger charge is -2.22. The molecule has 0 saturated carbocycles. The molecule has 0 aliphatic heterocycles. The zero-order valence-electron chi connectivity index (χ0n) is 11.0. The lowest BCUT2D eigenvalue weighted by Crippen LogP contribution is -2.17. The molecule has 1 atom stereocenters. The molecule has 1 aliphatic rings. The van der Waals surface area contributed by atoms with Crippen molar-refractivity contribution < 1.29 is 9.53 Å². The van der Waals surface area contributed by atoms with Crippen LogP contribution >= 0.6 is 22.6 Å². The van der Waals surface area contributed by atoms with Gasteiger partial charge in [-0.15, -0.1) is 6.58 Å². The number of benzene rings is 2. The minimum absolute atomic E-state index is 0.308. The number of hydrogen-bond donors (Lipinski definition) is 0. The normalized spacial score (nSPS) is 19.1. The molecule has 0 spiro atoms. The summed E-state index contributed by atoms with van der Waals surface area (Å²) in [6.07, 6.45) is 1.89. The average Bonchev–Trinajstić information content (AvgIpc) is 2.77. The van der Waals surface area contributed by atoms with Crippen molar-refractivity contribution in [2.45, 2.75) is 3.42 Å². The molecule has 0 radical (unpaired) electrons. The maximum absolute atomic E-state index is 12.1. The van der Waals surface area contributed by atoms with Crippen LogP contribution in [0.4, 0.5) is 0 Å². The van der Waals surface area contributed by atoms with Crippen LogP contribution in [0.3, 0.4) is 0 Å². The summed E-state index contributed by atoms with van der Waals surface area (Å²) in [6.45, 7) is 3.98. The van der Waals surface area contributed by atoms with E-state index in [-0.39, 0.29) is 5.97 Å². The molecule has 1 aliphatic carbocycles. The van der Waals surface area contributed by atoms with Crippen LogP contribution in [0.25, 0.3) is 11.1 Å². The first-order valence-electron chi connectivity index (χ1n) is 6.27. The van der Waals surface area contributed by atoms with Crippen LogP contribution in [0.15, 0.2) is 55.1 Å². The molecule has 100 valence electrons. The Kier molecular flexibility index (Phi) is 3.17. The summed E-state index contributed by atoms with van der Waals surface area (Å²) >= 11 is 2.36. The van der Waals surface area contributed by atoms with E-state index in [1.807, 2.05) is 36.4 Å². The minimum atomic E-state index is -0.394. The van der Waals surface area contributed by atoms with E-state index in [0.29, 0.717) is 5.56 Å². The highest BCUT2D eigenvalue weighted by Crippen LogP contribution is 2.54. The Balaban J connectivity index is 2.39. The summed E-state index contributed by atoms with van der Waals surface area (Å²) in [7, 11) is 1.41. The van der Waals surface area contributed by atoms with E-state index in [9.17, 15) is 4.79 Å². The largest absolute Gasteiger partial charge is 0.465 e. The lowest BCUT2D eigenvalue weighted by atomic mass is 9.93. The molecule has 0 saturated heterocycles. The molecule has 20 heavy (non-hydrogen) atoms. The van der Waals surface area contributed by atoms with Gasteiger partial charge in [-0.2, -0.15) is 0 Å². The fourth-order valence-electron chi connectivity index (χ4n) is 2.83. The van der Waals surface area contributed by atoms with Crippen LogP contribution in [-0.4, -0.2) is 13.1 Å². The van der Waals surface area contributed by atoms with E-state index in [0.717, 1.165) is 16.7 Å². The summed E-state index contributed by atoms with van der Waals surface area (Å²) in [5.41, 5.74) is 4.99. The number of hydrogen-bond acceptors (Lipinski definition) is 2. The second-order valence-electron chi connectivity index (χ2n) is 4.68. The van der Waals surface area contributed by atoms with Gasteiger partial charge < -0.3 is 4.74 Å². The first-order chi connectivity index (χ1) is 9.63. The highest BCUT2D eigenvalue weighted by molar-refractivity contribution is 14.1. The number of carbonyl (C=O) groups excluding carboxylic acids is 1. The second kappa shape index (κ2) is 4.74. The summed E-state index contributed by atoms with van der Waals surface area (Å²) < 4.78 is 4.53. The molecule has 2 aromatic rings. The highest BCUT2D eigenvalue weighted by atomic mass is 127. The number of halogens is 1. The Morgan fingerprint density at radius 3 is 2.60 bits per heavy atom. The quantitative estimate of drug-likeness (QED) is 0.338. The second-order valence-corrected chi connectivity index (χ2v) is 6.38. The molecule has 2 nitrogen and oxygen atoms in total. The van der Waals surface area contributed by atoms with Gasteiger partial charge in [-0.25, -0.2) is 4.79 Å². The fourth-order valence-corrected chi connectivity index (χ4v) is 3.88. The molecule has 0 heterocycles. The maximum atomic E-state index is 12.1. The third kappa shape index (κ3) is 1.66. The molecule has 0 N–H and O–H groups in total. The van der Waals surface area contributed by atoms with Crippen molar-refractivity contribution in [3.8, 4) is 11.1 Å². The Morgan fingerprint density at radius 1 is 1.20 bits per heavy atom. The number of fused-ring (bicyclic) bond motifs is 3.